The molecule has 8 N–H and O–H groups in total. The second kappa shape index (κ2) is 7.12. The molecule has 0 aliphatic heterocycles. The molecule has 0 atom stereocenters. The number of carbonyl (C=O) groups is 4. The fraction of sp³-hybridized carbons (Fsp3) is 0.455. The number of hydrogen-bond acceptors (Lipinski definition) is 6. The van der Waals surface area contributed by atoms with E-state index in [0.29, 0.717) is 0 Å². The summed E-state index contributed by atoms with van der Waals surface area (Å²) in [6.07, 6.45) is -3.47. The Hall–Kier alpha value is -2.78. The van der Waals surface area contributed by atoms with Gasteiger partial charge in [-0.1, -0.05) is 0 Å². The molecule has 0 radical (unpaired) electrons. The highest BCUT2D eigenvalue weighted by Gasteiger charge is 2.41. The first-order valence-corrected chi connectivity index (χ1v) is 5.62. The summed E-state index contributed by atoms with van der Waals surface area (Å²) >= 11 is 0. The summed E-state index contributed by atoms with van der Waals surface area (Å²) in [4.78, 5) is 43.3. The van der Waals surface area contributed by atoms with Crippen molar-refractivity contribution in [1.29, 1.82) is 0 Å². The maximum Gasteiger partial charge on any atom is 0.309 e. The second-order valence-electron chi connectivity index (χ2n) is 4.50. The normalized spacial score (nSPS) is 12.4. The molecule has 0 aromatic heterocycles. The van der Waals surface area contributed by atoms with Gasteiger partial charge in [0.1, 0.15) is 0 Å². The van der Waals surface area contributed by atoms with Gasteiger partial charge in [0.25, 0.3) is 0 Å². The van der Waals surface area contributed by atoms with Crippen molar-refractivity contribution in [2.45, 2.75) is 25.7 Å². The van der Waals surface area contributed by atoms with Gasteiger partial charge < -0.3 is 31.9 Å². The van der Waals surface area contributed by atoms with E-state index in [1.165, 1.54) is 0 Å². The molecule has 0 aliphatic rings. The minimum absolute atomic E-state index is 0.466. The van der Waals surface area contributed by atoms with Gasteiger partial charge in [-0.2, -0.15) is 0 Å². The van der Waals surface area contributed by atoms with Gasteiger partial charge in [-0.05, 0) is 0 Å². The topological polar surface area (TPSA) is 201 Å². The highest BCUT2D eigenvalue weighted by molar-refractivity contribution is 5.77. The monoisotopic (exact) mass is 304 g/mol. The van der Waals surface area contributed by atoms with E-state index in [1.807, 2.05) is 0 Å². The maximum absolute atomic E-state index is 10.9. The number of carboxylic acid groups (broad SMARTS) is 4. The Morgan fingerprint density at radius 3 is 1.29 bits per heavy atom. The maximum atomic E-state index is 10.9. The van der Waals surface area contributed by atoms with Crippen molar-refractivity contribution in [3.63, 3.8) is 0 Å². The summed E-state index contributed by atoms with van der Waals surface area (Å²) in [7, 11) is 0. The molecule has 0 aliphatic carbocycles. The van der Waals surface area contributed by atoms with Gasteiger partial charge in [0, 0.05) is 16.8 Å². The zero-order valence-corrected chi connectivity index (χ0v) is 10.9. The molecule has 0 heterocycles. The van der Waals surface area contributed by atoms with Crippen LogP contribution in [0.25, 0.3) is 0 Å². The van der Waals surface area contributed by atoms with Crippen molar-refractivity contribution >= 4 is 23.9 Å². The first-order valence-electron chi connectivity index (χ1n) is 5.62. The molecule has 118 valence electrons. The van der Waals surface area contributed by atoms with Crippen LogP contribution in [0.3, 0.4) is 0 Å². The smallest absolute Gasteiger partial charge is 0.309 e. The van der Waals surface area contributed by atoms with E-state index in [1.54, 1.807) is 0 Å². The van der Waals surface area contributed by atoms with Crippen LogP contribution in [0, 0.1) is 5.41 Å². The Morgan fingerprint density at radius 2 is 1.05 bits per heavy atom. The lowest BCUT2D eigenvalue weighted by molar-refractivity contribution is -0.146. The van der Waals surface area contributed by atoms with Crippen molar-refractivity contribution < 1.29 is 39.6 Å². The van der Waals surface area contributed by atoms with Crippen LogP contribution in [-0.4, -0.2) is 44.3 Å². The summed E-state index contributed by atoms with van der Waals surface area (Å²) in [5, 5.41) is 35.2. The van der Waals surface area contributed by atoms with Gasteiger partial charge in [0.2, 0.25) is 0 Å². The molecule has 0 fully saturated rings. The zero-order chi connectivity index (χ0) is 16.8. The third-order valence-electron chi connectivity index (χ3n) is 2.73. The summed E-state index contributed by atoms with van der Waals surface area (Å²) in [5.74, 6) is -5.82. The molecular weight excluding hydrogens is 288 g/mol. The molecule has 0 amide bonds. The third-order valence-corrected chi connectivity index (χ3v) is 2.73. The Labute approximate surface area is 118 Å². The lowest BCUT2D eigenvalue weighted by Crippen LogP contribution is -2.38. The van der Waals surface area contributed by atoms with Gasteiger partial charge in [0.15, 0.2) is 0 Å². The Kier molecular flexibility index (Phi) is 6.18. The highest BCUT2D eigenvalue weighted by atomic mass is 16.4. The Morgan fingerprint density at radius 1 is 0.714 bits per heavy atom. The van der Waals surface area contributed by atoms with Crippen LogP contribution in [0.5, 0.6) is 0 Å². The Balaban J connectivity index is 5.92. The predicted octanol–water partition coefficient (Wildman–Crippen LogP) is -0.999. The largest absolute Gasteiger partial charge is 0.481 e. The molecular formula is C11H16N2O8. The van der Waals surface area contributed by atoms with E-state index in [0.717, 1.165) is 0 Å². The number of allylic oxidation sites excluding steroid dienone is 1. The average Bonchev–Trinajstić information content (AvgIpc) is 2.23. The summed E-state index contributed by atoms with van der Waals surface area (Å²) in [6.45, 7) is 0. The minimum atomic E-state index is -2.00. The molecule has 0 spiro atoms. The summed E-state index contributed by atoms with van der Waals surface area (Å²) in [6, 6.07) is 0. The molecule has 0 aromatic rings. The average molecular weight is 304 g/mol. The van der Waals surface area contributed by atoms with Crippen LogP contribution in [0.4, 0.5) is 0 Å². The van der Waals surface area contributed by atoms with Gasteiger partial charge in [-0.25, -0.2) is 0 Å². The van der Waals surface area contributed by atoms with E-state index >= 15 is 0 Å². The fourth-order valence-corrected chi connectivity index (χ4v) is 1.94. The summed E-state index contributed by atoms with van der Waals surface area (Å²) in [5.41, 5.74) is 8.01. The van der Waals surface area contributed by atoms with Crippen LogP contribution < -0.4 is 11.5 Å². The van der Waals surface area contributed by atoms with Gasteiger partial charge >= 0.3 is 23.9 Å². The molecule has 0 aromatic carbocycles. The molecule has 0 unspecified atom stereocenters. The minimum Gasteiger partial charge on any atom is -0.481 e. The van der Waals surface area contributed by atoms with Crippen LogP contribution in [-0.2, 0) is 19.2 Å². The van der Waals surface area contributed by atoms with E-state index in [9.17, 15) is 19.2 Å². The van der Waals surface area contributed by atoms with E-state index in [4.69, 9.17) is 31.9 Å². The molecule has 21 heavy (non-hydrogen) atoms. The number of rotatable bonds is 9. The SMILES string of the molecule is NC(CC(=O)O)=C(N)C(CC(=O)O)(CC(=O)O)CC(=O)O. The molecule has 0 rings (SSSR count). The molecule has 0 bridgehead atoms. The van der Waals surface area contributed by atoms with Crippen molar-refractivity contribution in [1.82, 2.24) is 0 Å². The zero-order valence-electron chi connectivity index (χ0n) is 10.9. The molecule has 10 heteroatoms. The molecule has 0 saturated carbocycles. The van der Waals surface area contributed by atoms with Crippen LogP contribution in [0.15, 0.2) is 11.4 Å². The van der Waals surface area contributed by atoms with Gasteiger partial charge in [-0.3, -0.25) is 19.2 Å². The summed E-state index contributed by atoms with van der Waals surface area (Å²) < 4.78 is 0. The number of nitrogens with two attached hydrogens (primary N) is 2. The van der Waals surface area contributed by atoms with Gasteiger partial charge in [0.05, 0.1) is 25.7 Å². The first kappa shape index (κ1) is 18.2. The quantitative estimate of drug-likeness (QED) is 0.306. The van der Waals surface area contributed by atoms with Gasteiger partial charge in [-0.15, -0.1) is 0 Å². The fourth-order valence-electron chi connectivity index (χ4n) is 1.94. The molecule has 0 saturated heterocycles. The van der Waals surface area contributed by atoms with E-state index < -0.39 is 66.4 Å². The Bertz CT molecular complexity index is 456. The van der Waals surface area contributed by atoms with Crippen molar-refractivity contribution in [2.24, 2.45) is 16.9 Å². The first-order chi connectivity index (χ1) is 9.50. The van der Waals surface area contributed by atoms with Crippen LogP contribution >= 0.6 is 0 Å². The third kappa shape index (κ3) is 5.80. The lowest BCUT2D eigenvalue weighted by Gasteiger charge is -2.31. The number of hydrogen-bond donors (Lipinski definition) is 6. The van der Waals surface area contributed by atoms with Crippen molar-refractivity contribution in [2.75, 3.05) is 0 Å². The predicted molar refractivity (Wildman–Crippen MR) is 66.8 cm³/mol. The van der Waals surface area contributed by atoms with Crippen molar-refractivity contribution in [3.05, 3.63) is 11.4 Å². The molecule has 10 nitrogen and oxygen atoms in total. The highest BCUT2D eigenvalue weighted by Crippen LogP contribution is 2.38. The standard InChI is InChI=1S/C11H16N2O8/c12-5(1-6(14)15)10(13)11(2-7(16)17,3-8(18)19)4-9(20)21/h1-4,12-13H2,(H,14,15)(H,16,17)(H,18,19)(H,20,21). The van der Waals surface area contributed by atoms with Crippen LogP contribution in [0.1, 0.15) is 25.7 Å². The number of carboxylic acids is 4. The lowest BCUT2D eigenvalue weighted by atomic mass is 9.74. The number of aliphatic carboxylic acids is 4. The van der Waals surface area contributed by atoms with Crippen LogP contribution in [0.2, 0.25) is 0 Å². The van der Waals surface area contributed by atoms with E-state index in [2.05, 4.69) is 0 Å². The van der Waals surface area contributed by atoms with Crippen molar-refractivity contribution in [3.8, 4) is 0 Å². The second-order valence-corrected chi connectivity index (χ2v) is 4.50. The van der Waals surface area contributed by atoms with E-state index in [-0.39, 0.29) is 0 Å².